The zero-order valence-corrected chi connectivity index (χ0v) is 9.96. The predicted octanol–water partition coefficient (Wildman–Crippen LogP) is 3.22. The van der Waals surface area contributed by atoms with Crippen LogP contribution in [-0.4, -0.2) is 0 Å². The number of rotatable bonds is 2. The lowest BCUT2D eigenvalue weighted by molar-refractivity contribution is 0.105. The highest BCUT2D eigenvalue weighted by atomic mass is 14.8. The molecule has 0 atom stereocenters. The summed E-state index contributed by atoms with van der Waals surface area (Å²) < 4.78 is 0. The van der Waals surface area contributed by atoms with Gasteiger partial charge >= 0.3 is 0 Å². The average molecular weight is 203 g/mol. The fourth-order valence-electron chi connectivity index (χ4n) is 2.47. The molecule has 0 radical (unpaired) electrons. The molecule has 1 saturated carbocycles. The molecule has 0 aromatic heterocycles. The lowest BCUT2D eigenvalue weighted by atomic mass is 9.62. The minimum absolute atomic E-state index is 0.0391. The molecule has 0 amide bonds. The average Bonchev–Trinajstić information content (AvgIpc) is 2.13. The standard InChI is InChI=1S/C14H21N/c1-10(2)12-8-14(15,9-12)13-6-4-11(3)5-7-13/h4-7,10,12H,8-9,15H2,1-3H3. The summed E-state index contributed by atoms with van der Waals surface area (Å²) in [6, 6.07) is 8.69. The molecule has 1 aliphatic carbocycles. The van der Waals surface area contributed by atoms with Crippen LogP contribution in [-0.2, 0) is 5.54 Å². The van der Waals surface area contributed by atoms with Gasteiger partial charge < -0.3 is 5.73 Å². The Morgan fingerprint density at radius 3 is 2.20 bits per heavy atom. The van der Waals surface area contributed by atoms with E-state index in [-0.39, 0.29) is 5.54 Å². The highest BCUT2D eigenvalue weighted by Crippen LogP contribution is 2.46. The first kappa shape index (κ1) is 10.7. The molecule has 0 unspecified atom stereocenters. The van der Waals surface area contributed by atoms with Crippen molar-refractivity contribution in [1.82, 2.24) is 0 Å². The molecule has 0 heterocycles. The SMILES string of the molecule is Cc1ccc(C2(N)CC(C(C)C)C2)cc1. The second kappa shape index (κ2) is 3.64. The summed E-state index contributed by atoms with van der Waals surface area (Å²) in [6.45, 7) is 6.70. The molecule has 2 rings (SSSR count). The third-order valence-corrected chi connectivity index (χ3v) is 3.82. The van der Waals surface area contributed by atoms with Crippen molar-refractivity contribution in [1.29, 1.82) is 0 Å². The molecule has 1 aliphatic rings. The first-order valence-electron chi connectivity index (χ1n) is 5.87. The summed E-state index contributed by atoms with van der Waals surface area (Å²) in [5.74, 6) is 1.59. The highest BCUT2D eigenvalue weighted by Gasteiger charge is 2.43. The van der Waals surface area contributed by atoms with E-state index >= 15 is 0 Å². The fourth-order valence-corrected chi connectivity index (χ4v) is 2.47. The van der Waals surface area contributed by atoms with Crippen molar-refractivity contribution >= 4 is 0 Å². The van der Waals surface area contributed by atoms with Crippen molar-refractivity contribution < 1.29 is 0 Å². The maximum atomic E-state index is 6.40. The van der Waals surface area contributed by atoms with E-state index in [0.29, 0.717) is 0 Å². The van der Waals surface area contributed by atoms with Gasteiger partial charge in [0.15, 0.2) is 0 Å². The normalized spacial score (nSPS) is 30.3. The van der Waals surface area contributed by atoms with Crippen LogP contribution < -0.4 is 5.73 Å². The van der Waals surface area contributed by atoms with Gasteiger partial charge in [0.1, 0.15) is 0 Å². The van der Waals surface area contributed by atoms with Gasteiger partial charge in [-0.1, -0.05) is 43.7 Å². The maximum absolute atomic E-state index is 6.40. The summed E-state index contributed by atoms with van der Waals surface area (Å²) >= 11 is 0. The molecule has 82 valence electrons. The van der Waals surface area contributed by atoms with Gasteiger partial charge in [0, 0.05) is 5.54 Å². The van der Waals surface area contributed by atoms with Crippen molar-refractivity contribution in [3.8, 4) is 0 Å². The topological polar surface area (TPSA) is 26.0 Å². The highest BCUT2D eigenvalue weighted by molar-refractivity contribution is 5.30. The zero-order chi connectivity index (χ0) is 11.1. The number of hydrogen-bond donors (Lipinski definition) is 1. The molecule has 0 aliphatic heterocycles. The van der Waals surface area contributed by atoms with Crippen molar-refractivity contribution in [2.45, 2.75) is 39.2 Å². The Kier molecular flexibility index (Phi) is 2.59. The first-order chi connectivity index (χ1) is 7.01. The molecular weight excluding hydrogens is 182 g/mol. The molecule has 0 bridgehead atoms. The molecule has 1 nitrogen and oxygen atoms in total. The van der Waals surface area contributed by atoms with Gasteiger partial charge in [-0.2, -0.15) is 0 Å². The second-order valence-corrected chi connectivity index (χ2v) is 5.43. The minimum Gasteiger partial charge on any atom is -0.321 e. The van der Waals surface area contributed by atoms with Crippen LogP contribution in [0, 0.1) is 18.8 Å². The Bertz CT molecular complexity index is 331. The Balaban J connectivity index is 2.10. The Hall–Kier alpha value is -0.820. The molecule has 0 spiro atoms. The van der Waals surface area contributed by atoms with Crippen LogP contribution >= 0.6 is 0 Å². The molecule has 2 N–H and O–H groups in total. The summed E-state index contributed by atoms with van der Waals surface area (Å²) in [4.78, 5) is 0. The molecule has 1 aromatic rings. The summed E-state index contributed by atoms with van der Waals surface area (Å²) in [5, 5.41) is 0. The van der Waals surface area contributed by atoms with Crippen molar-refractivity contribution in [3.05, 3.63) is 35.4 Å². The van der Waals surface area contributed by atoms with Crippen LogP contribution in [0.15, 0.2) is 24.3 Å². The van der Waals surface area contributed by atoms with E-state index in [1.165, 1.54) is 11.1 Å². The lowest BCUT2D eigenvalue weighted by Crippen LogP contribution is -2.50. The predicted molar refractivity (Wildman–Crippen MR) is 64.6 cm³/mol. The van der Waals surface area contributed by atoms with Gasteiger partial charge in [0.25, 0.3) is 0 Å². The molecule has 0 saturated heterocycles. The van der Waals surface area contributed by atoms with Crippen LogP contribution in [0.2, 0.25) is 0 Å². The van der Waals surface area contributed by atoms with Gasteiger partial charge in [-0.15, -0.1) is 0 Å². The quantitative estimate of drug-likeness (QED) is 0.784. The number of aryl methyl sites for hydroxylation is 1. The molecule has 1 heteroatoms. The van der Waals surface area contributed by atoms with E-state index in [2.05, 4.69) is 45.0 Å². The van der Waals surface area contributed by atoms with Gasteiger partial charge in [-0.25, -0.2) is 0 Å². The number of nitrogens with two attached hydrogens (primary N) is 1. The minimum atomic E-state index is -0.0391. The third-order valence-electron chi connectivity index (χ3n) is 3.82. The number of benzene rings is 1. The largest absolute Gasteiger partial charge is 0.321 e. The summed E-state index contributed by atoms with van der Waals surface area (Å²) in [7, 11) is 0. The number of hydrogen-bond acceptors (Lipinski definition) is 1. The Labute approximate surface area is 92.7 Å². The van der Waals surface area contributed by atoms with Crippen LogP contribution in [0.4, 0.5) is 0 Å². The second-order valence-electron chi connectivity index (χ2n) is 5.43. The van der Waals surface area contributed by atoms with Crippen molar-refractivity contribution in [2.24, 2.45) is 17.6 Å². The lowest BCUT2D eigenvalue weighted by Gasteiger charge is -2.47. The molecule has 15 heavy (non-hydrogen) atoms. The van der Waals surface area contributed by atoms with Gasteiger partial charge in [-0.3, -0.25) is 0 Å². The van der Waals surface area contributed by atoms with Crippen molar-refractivity contribution in [2.75, 3.05) is 0 Å². The molecule has 1 aromatic carbocycles. The monoisotopic (exact) mass is 203 g/mol. The van der Waals surface area contributed by atoms with Crippen LogP contribution in [0.3, 0.4) is 0 Å². The summed E-state index contributed by atoms with van der Waals surface area (Å²) in [5.41, 5.74) is 8.98. The van der Waals surface area contributed by atoms with Crippen molar-refractivity contribution in [3.63, 3.8) is 0 Å². The molecule has 1 fully saturated rings. The van der Waals surface area contributed by atoms with E-state index in [1.54, 1.807) is 0 Å². The smallest absolute Gasteiger partial charge is 0.0415 e. The van der Waals surface area contributed by atoms with E-state index in [9.17, 15) is 0 Å². The van der Waals surface area contributed by atoms with Crippen LogP contribution in [0.25, 0.3) is 0 Å². The van der Waals surface area contributed by atoms with E-state index in [1.807, 2.05) is 0 Å². The Morgan fingerprint density at radius 2 is 1.73 bits per heavy atom. The summed E-state index contributed by atoms with van der Waals surface area (Å²) in [6.07, 6.45) is 2.29. The van der Waals surface area contributed by atoms with E-state index in [0.717, 1.165) is 24.7 Å². The maximum Gasteiger partial charge on any atom is 0.0415 e. The third kappa shape index (κ3) is 1.93. The Morgan fingerprint density at radius 1 is 1.20 bits per heavy atom. The molecular formula is C14H21N. The van der Waals surface area contributed by atoms with Crippen LogP contribution in [0.1, 0.15) is 37.8 Å². The van der Waals surface area contributed by atoms with Gasteiger partial charge in [0.2, 0.25) is 0 Å². The van der Waals surface area contributed by atoms with Gasteiger partial charge in [0.05, 0.1) is 0 Å². The van der Waals surface area contributed by atoms with Crippen LogP contribution in [0.5, 0.6) is 0 Å². The zero-order valence-electron chi connectivity index (χ0n) is 9.96. The van der Waals surface area contributed by atoms with E-state index in [4.69, 9.17) is 5.73 Å². The van der Waals surface area contributed by atoms with E-state index < -0.39 is 0 Å². The van der Waals surface area contributed by atoms with Gasteiger partial charge in [-0.05, 0) is 37.2 Å². The fraction of sp³-hybridized carbons (Fsp3) is 0.571. The first-order valence-corrected chi connectivity index (χ1v) is 5.87.